The Hall–Kier alpha value is -2.00. The van der Waals surface area contributed by atoms with Crippen LogP contribution in [0.1, 0.15) is 32.3 Å². The number of aryl methyl sites for hydroxylation is 1. The van der Waals surface area contributed by atoms with Crippen LogP contribution < -0.4 is 20.7 Å². The molecule has 0 spiro atoms. The maximum absolute atomic E-state index is 6.02. The fraction of sp³-hybridized carbons (Fsp3) is 0.480. The lowest BCUT2D eigenvalue weighted by atomic mass is 10.2. The number of unbranched alkanes of at least 4 members (excludes halogenated alkanes) is 1. The standard InChI is InChI=1S/C25H37N5O.HI/c1-20(2)31-24-11-9-22(10-12-24)28-25(26)27-13-4-5-14-29-15-17-30(18-16-29)23-8-6-7-21(3)19-23;/h6-12,19-20H,4-5,13-18H2,1-3H3,(H3,26,27,28);1H. The van der Waals surface area contributed by atoms with E-state index >= 15 is 0 Å². The van der Waals surface area contributed by atoms with E-state index in [2.05, 4.69) is 51.3 Å². The summed E-state index contributed by atoms with van der Waals surface area (Å²) in [4.78, 5) is 9.50. The Morgan fingerprint density at radius 1 is 1.06 bits per heavy atom. The van der Waals surface area contributed by atoms with Gasteiger partial charge < -0.3 is 20.7 Å². The summed E-state index contributed by atoms with van der Waals surface area (Å²) >= 11 is 0. The predicted octanol–water partition coefficient (Wildman–Crippen LogP) is 4.73. The van der Waals surface area contributed by atoms with Crippen molar-refractivity contribution in [3.8, 4) is 5.75 Å². The maximum atomic E-state index is 6.02. The summed E-state index contributed by atoms with van der Waals surface area (Å²) < 4.78 is 5.65. The van der Waals surface area contributed by atoms with E-state index in [9.17, 15) is 0 Å². The van der Waals surface area contributed by atoms with Gasteiger partial charge in [0, 0.05) is 44.1 Å². The molecule has 3 rings (SSSR count). The molecule has 1 aliphatic heterocycles. The first-order valence-electron chi connectivity index (χ1n) is 11.4. The molecule has 3 N–H and O–H groups in total. The van der Waals surface area contributed by atoms with Gasteiger partial charge in [0.2, 0.25) is 0 Å². The molecule has 2 aromatic carbocycles. The number of benzene rings is 2. The normalized spacial score (nSPS) is 14.9. The summed E-state index contributed by atoms with van der Waals surface area (Å²) in [5.74, 6) is 1.32. The van der Waals surface area contributed by atoms with Crippen LogP contribution in [0, 0.1) is 6.92 Å². The molecule has 2 aromatic rings. The lowest BCUT2D eigenvalue weighted by molar-refractivity contribution is 0.242. The highest BCUT2D eigenvalue weighted by Gasteiger charge is 2.16. The number of halogens is 1. The Kier molecular flexibility index (Phi) is 11.1. The van der Waals surface area contributed by atoms with E-state index in [-0.39, 0.29) is 30.1 Å². The quantitative estimate of drug-likeness (QED) is 0.204. The van der Waals surface area contributed by atoms with Gasteiger partial charge in [0.15, 0.2) is 5.96 Å². The number of ether oxygens (including phenoxy) is 1. The van der Waals surface area contributed by atoms with Crippen LogP contribution in [0.4, 0.5) is 11.4 Å². The van der Waals surface area contributed by atoms with Gasteiger partial charge in [-0.1, -0.05) is 12.1 Å². The van der Waals surface area contributed by atoms with Crippen molar-refractivity contribution < 1.29 is 4.74 Å². The number of nitrogens with zero attached hydrogens (tertiary/aromatic N) is 3. The Bertz CT molecular complexity index is 832. The summed E-state index contributed by atoms with van der Waals surface area (Å²) in [5, 5.41) is 3.14. The van der Waals surface area contributed by atoms with Gasteiger partial charge in [-0.3, -0.25) is 9.89 Å². The lowest BCUT2D eigenvalue weighted by Gasteiger charge is -2.36. The summed E-state index contributed by atoms with van der Waals surface area (Å²) in [6.45, 7) is 12.5. The number of hydrogen-bond donors (Lipinski definition) is 2. The SMILES string of the molecule is Cc1cccc(N2CCN(CCCCN=C(N)Nc3ccc(OC(C)C)cc3)CC2)c1.I. The minimum Gasteiger partial charge on any atom is -0.491 e. The highest BCUT2D eigenvalue weighted by molar-refractivity contribution is 14.0. The van der Waals surface area contributed by atoms with Crippen LogP contribution in [0.15, 0.2) is 53.5 Å². The van der Waals surface area contributed by atoms with Crippen LogP contribution in [0.25, 0.3) is 0 Å². The van der Waals surface area contributed by atoms with Crippen LogP contribution in [0.5, 0.6) is 5.75 Å². The lowest BCUT2D eigenvalue weighted by Crippen LogP contribution is -2.46. The number of piperazine rings is 1. The molecule has 0 atom stereocenters. The average Bonchev–Trinajstić information content (AvgIpc) is 2.75. The van der Waals surface area contributed by atoms with Gasteiger partial charge in [0.1, 0.15) is 5.75 Å². The van der Waals surface area contributed by atoms with Crippen molar-refractivity contribution in [2.75, 3.05) is 49.5 Å². The molecule has 1 saturated heterocycles. The van der Waals surface area contributed by atoms with Gasteiger partial charge in [-0.25, -0.2) is 0 Å². The molecule has 6 nitrogen and oxygen atoms in total. The summed E-state index contributed by atoms with van der Waals surface area (Å²) in [5.41, 5.74) is 9.61. The molecule has 0 unspecified atom stereocenters. The molecular formula is C25H38IN5O. The molecule has 0 amide bonds. The van der Waals surface area contributed by atoms with Crippen molar-refractivity contribution in [1.82, 2.24) is 4.90 Å². The van der Waals surface area contributed by atoms with E-state index in [4.69, 9.17) is 10.5 Å². The number of anilines is 2. The number of nitrogens with two attached hydrogens (primary N) is 1. The second-order valence-corrected chi connectivity index (χ2v) is 8.46. The molecule has 176 valence electrons. The van der Waals surface area contributed by atoms with Crippen molar-refractivity contribution in [2.24, 2.45) is 10.7 Å². The van der Waals surface area contributed by atoms with Crippen molar-refractivity contribution in [2.45, 2.75) is 39.7 Å². The molecule has 0 radical (unpaired) electrons. The Balaban J connectivity index is 0.00000363. The molecule has 32 heavy (non-hydrogen) atoms. The Labute approximate surface area is 210 Å². The van der Waals surface area contributed by atoms with E-state index in [1.807, 2.05) is 38.1 Å². The summed E-state index contributed by atoms with van der Waals surface area (Å²) in [6, 6.07) is 16.6. The average molecular weight is 552 g/mol. The van der Waals surface area contributed by atoms with Crippen LogP contribution >= 0.6 is 24.0 Å². The van der Waals surface area contributed by atoms with E-state index in [1.165, 1.54) is 11.3 Å². The maximum Gasteiger partial charge on any atom is 0.193 e. The number of rotatable bonds is 9. The molecule has 0 bridgehead atoms. The van der Waals surface area contributed by atoms with Crippen LogP contribution in [-0.2, 0) is 0 Å². The smallest absolute Gasteiger partial charge is 0.193 e. The number of nitrogens with one attached hydrogen (secondary N) is 1. The molecule has 0 aliphatic carbocycles. The molecule has 7 heteroatoms. The van der Waals surface area contributed by atoms with Crippen molar-refractivity contribution >= 4 is 41.3 Å². The third kappa shape index (κ3) is 8.86. The zero-order valence-corrected chi connectivity index (χ0v) is 21.9. The zero-order chi connectivity index (χ0) is 22.1. The number of guanidine groups is 1. The van der Waals surface area contributed by atoms with Crippen LogP contribution in [-0.4, -0.2) is 56.2 Å². The van der Waals surface area contributed by atoms with Gasteiger partial charge in [-0.15, -0.1) is 24.0 Å². The third-order valence-electron chi connectivity index (χ3n) is 5.40. The van der Waals surface area contributed by atoms with Gasteiger partial charge in [-0.2, -0.15) is 0 Å². The molecule has 0 aromatic heterocycles. The first kappa shape index (κ1) is 26.3. The third-order valence-corrected chi connectivity index (χ3v) is 5.40. The first-order chi connectivity index (χ1) is 15.0. The number of hydrogen-bond acceptors (Lipinski definition) is 4. The Morgan fingerprint density at radius 3 is 2.44 bits per heavy atom. The van der Waals surface area contributed by atoms with Crippen LogP contribution in [0.3, 0.4) is 0 Å². The molecular weight excluding hydrogens is 513 g/mol. The fourth-order valence-corrected chi connectivity index (χ4v) is 3.78. The van der Waals surface area contributed by atoms with Gasteiger partial charge in [0.05, 0.1) is 6.10 Å². The monoisotopic (exact) mass is 551 g/mol. The minimum absolute atomic E-state index is 0. The fourth-order valence-electron chi connectivity index (χ4n) is 3.78. The van der Waals surface area contributed by atoms with Crippen LogP contribution in [0.2, 0.25) is 0 Å². The van der Waals surface area contributed by atoms with E-state index in [0.29, 0.717) is 5.96 Å². The second-order valence-electron chi connectivity index (χ2n) is 8.46. The highest BCUT2D eigenvalue weighted by Crippen LogP contribution is 2.18. The zero-order valence-electron chi connectivity index (χ0n) is 19.6. The van der Waals surface area contributed by atoms with E-state index in [1.54, 1.807) is 0 Å². The molecule has 1 fully saturated rings. The van der Waals surface area contributed by atoms with Crippen molar-refractivity contribution in [3.05, 3.63) is 54.1 Å². The minimum atomic E-state index is 0. The highest BCUT2D eigenvalue weighted by atomic mass is 127. The number of aliphatic imine (C=N–C) groups is 1. The van der Waals surface area contributed by atoms with Crippen molar-refractivity contribution in [3.63, 3.8) is 0 Å². The predicted molar refractivity (Wildman–Crippen MR) is 147 cm³/mol. The van der Waals surface area contributed by atoms with Crippen molar-refractivity contribution in [1.29, 1.82) is 0 Å². The topological polar surface area (TPSA) is 66.1 Å². The summed E-state index contributed by atoms with van der Waals surface area (Å²) in [7, 11) is 0. The first-order valence-corrected chi connectivity index (χ1v) is 11.4. The molecule has 1 aliphatic rings. The van der Waals surface area contributed by atoms with E-state index < -0.39 is 0 Å². The Morgan fingerprint density at radius 2 is 1.78 bits per heavy atom. The van der Waals surface area contributed by atoms with Gasteiger partial charge in [-0.05, 0) is 82.1 Å². The summed E-state index contributed by atoms with van der Waals surface area (Å²) in [6.07, 6.45) is 2.35. The van der Waals surface area contributed by atoms with Gasteiger partial charge >= 0.3 is 0 Å². The largest absolute Gasteiger partial charge is 0.491 e. The molecule has 0 saturated carbocycles. The second kappa shape index (κ2) is 13.5. The van der Waals surface area contributed by atoms with E-state index in [0.717, 1.165) is 63.5 Å². The molecule has 1 heterocycles. The van der Waals surface area contributed by atoms with Gasteiger partial charge in [0.25, 0.3) is 0 Å².